The summed E-state index contributed by atoms with van der Waals surface area (Å²) < 4.78 is 5.30. The minimum absolute atomic E-state index is 0.210. The molecule has 1 fully saturated rings. The number of hydrogen-bond acceptors (Lipinski definition) is 5. The van der Waals surface area contributed by atoms with E-state index in [4.69, 9.17) is 10.5 Å². The Morgan fingerprint density at radius 3 is 3.00 bits per heavy atom. The molecule has 6 nitrogen and oxygen atoms in total. The highest BCUT2D eigenvalue weighted by Crippen LogP contribution is 2.25. The number of amides is 1. The number of aromatic nitrogens is 1. The molecule has 0 spiro atoms. The van der Waals surface area contributed by atoms with Gasteiger partial charge in [-0.25, -0.2) is 4.98 Å². The van der Waals surface area contributed by atoms with E-state index in [1.165, 1.54) is 0 Å². The smallest absolute Gasteiger partial charge is 0.242 e. The molecule has 1 atom stereocenters. The first kappa shape index (κ1) is 13.5. The normalized spacial score (nSPS) is 18.7. The molecular formula is C15H15N3O3. The maximum absolute atomic E-state index is 11.6. The first-order chi connectivity index (χ1) is 10.2. The van der Waals surface area contributed by atoms with Crippen LogP contribution in [0.1, 0.15) is 10.4 Å². The number of morpholine rings is 1. The maximum atomic E-state index is 11.6. The van der Waals surface area contributed by atoms with Crippen LogP contribution in [0.15, 0.2) is 30.3 Å². The van der Waals surface area contributed by atoms with Crippen LogP contribution in [-0.4, -0.2) is 43.0 Å². The average molecular weight is 285 g/mol. The summed E-state index contributed by atoms with van der Waals surface area (Å²) in [6.07, 6.45) is 0.752. The fourth-order valence-electron chi connectivity index (χ4n) is 2.53. The predicted molar refractivity (Wildman–Crippen MR) is 78.3 cm³/mol. The van der Waals surface area contributed by atoms with E-state index >= 15 is 0 Å². The third kappa shape index (κ3) is 2.45. The van der Waals surface area contributed by atoms with E-state index in [2.05, 4.69) is 4.98 Å². The largest absolute Gasteiger partial charge is 0.377 e. The number of carbonyl (C=O) groups excluding carboxylic acids is 2. The molecule has 3 rings (SSSR count). The average Bonchev–Trinajstić information content (AvgIpc) is 2.53. The molecule has 2 N–H and O–H groups in total. The number of ether oxygens (including phenoxy) is 1. The van der Waals surface area contributed by atoms with E-state index in [1.807, 2.05) is 24.3 Å². The van der Waals surface area contributed by atoms with Crippen molar-refractivity contribution in [1.82, 2.24) is 4.98 Å². The Labute approximate surface area is 121 Å². The van der Waals surface area contributed by atoms with Crippen molar-refractivity contribution < 1.29 is 14.3 Å². The van der Waals surface area contributed by atoms with E-state index < -0.39 is 11.9 Å². The molecule has 1 aromatic carbocycles. The van der Waals surface area contributed by atoms with Crippen LogP contribution >= 0.6 is 0 Å². The Morgan fingerprint density at radius 2 is 2.24 bits per heavy atom. The molecule has 1 aliphatic heterocycles. The number of hydrogen-bond donors (Lipinski definition) is 1. The molecule has 1 unspecified atom stereocenters. The highest BCUT2D eigenvalue weighted by Gasteiger charge is 2.30. The zero-order chi connectivity index (χ0) is 14.8. The number of nitrogens with zero attached hydrogens (tertiary/aromatic N) is 2. The molecule has 2 heterocycles. The van der Waals surface area contributed by atoms with Crippen LogP contribution < -0.4 is 10.6 Å². The van der Waals surface area contributed by atoms with Gasteiger partial charge in [-0.05, 0) is 12.1 Å². The molecule has 6 heteroatoms. The van der Waals surface area contributed by atoms with Crippen molar-refractivity contribution in [3.05, 3.63) is 35.9 Å². The Hall–Kier alpha value is -2.47. The second-order valence-electron chi connectivity index (χ2n) is 4.90. The van der Waals surface area contributed by atoms with Crippen LogP contribution in [0, 0.1) is 0 Å². The van der Waals surface area contributed by atoms with Crippen molar-refractivity contribution in [3.63, 3.8) is 0 Å². The van der Waals surface area contributed by atoms with Crippen molar-refractivity contribution in [2.75, 3.05) is 24.7 Å². The molecule has 1 amide bonds. The van der Waals surface area contributed by atoms with E-state index in [-0.39, 0.29) is 6.61 Å². The van der Waals surface area contributed by atoms with Gasteiger partial charge in [0.05, 0.1) is 24.3 Å². The molecule has 1 saturated heterocycles. The number of carbonyl (C=O) groups is 2. The first-order valence-corrected chi connectivity index (χ1v) is 6.69. The summed E-state index contributed by atoms with van der Waals surface area (Å²) in [5.41, 5.74) is 6.64. The summed E-state index contributed by atoms with van der Waals surface area (Å²) in [6.45, 7) is 1.15. The van der Waals surface area contributed by atoms with E-state index in [1.54, 1.807) is 11.0 Å². The monoisotopic (exact) mass is 285 g/mol. The molecule has 21 heavy (non-hydrogen) atoms. The lowest BCUT2D eigenvalue weighted by molar-refractivity contribution is -0.121. The number of fused-ring (bicyclic) bond motifs is 1. The Morgan fingerprint density at radius 1 is 1.43 bits per heavy atom. The van der Waals surface area contributed by atoms with Crippen LogP contribution in [0.25, 0.3) is 10.9 Å². The first-order valence-electron chi connectivity index (χ1n) is 6.69. The molecule has 0 bridgehead atoms. The van der Waals surface area contributed by atoms with Gasteiger partial charge in [0, 0.05) is 11.9 Å². The lowest BCUT2D eigenvalue weighted by atomic mass is 10.1. The van der Waals surface area contributed by atoms with Crippen molar-refractivity contribution in [2.24, 2.45) is 5.73 Å². The van der Waals surface area contributed by atoms with E-state index in [0.29, 0.717) is 24.5 Å². The van der Waals surface area contributed by atoms with Crippen molar-refractivity contribution in [1.29, 1.82) is 0 Å². The highest BCUT2D eigenvalue weighted by molar-refractivity contribution is 5.93. The Kier molecular flexibility index (Phi) is 3.53. The van der Waals surface area contributed by atoms with Gasteiger partial charge in [-0.15, -0.1) is 0 Å². The number of pyridine rings is 1. The molecule has 1 aromatic heterocycles. The summed E-state index contributed by atoms with van der Waals surface area (Å²) in [6, 6.07) is 8.70. The van der Waals surface area contributed by atoms with Crippen molar-refractivity contribution in [2.45, 2.75) is 6.04 Å². The van der Waals surface area contributed by atoms with Gasteiger partial charge in [0.2, 0.25) is 5.91 Å². The van der Waals surface area contributed by atoms with Gasteiger partial charge in [0.25, 0.3) is 0 Å². The second-order valence-corrected chi connectivity index (χ2v) is 4.90. The lowest BCUT2D eigenvalue weighted by Gasteiger charge is -2.35. The maximum Gasteiger partial charge on any atom is 0.242 e. The number of nitrogens with two attached hydrogens (primary N) is 1. The van der Waals surface area contributed by atoms with Gasteiger partial charge in [-0.3, -0.25) is 9.59 Å². The molecular weight excluding hydrogens is 270 g/mol. The second kappa shape index (κ2) is 5.49. The summed E-state index contributed by atoms with van der Waals surface area (Å²) in [7, 11) is 0. The van der Waals surface area contributed by atoms with Gasteiger partial charge < -0.3 is 15.4 Å². The third-order valence-corrected chi connectivity index (χ3v) is 3.59. The van der Waals surface area contributed by atoms with Gasteiger partial charge >= 0.3 is 0 Å². The summed E-state index contributed by atoms with van der Waals surface area (Å²) in [4.78, 5) is 29.2. The van der Waals surface area contributed by atoms with Crippen LogP contribution in [0.3, 0.4) is 0 Å². The van der Waals surface area contributed by atoms with Crippen LogP contribution in [0.4, 0.5) is 5.82 Å². The number of primary amides is 1. The topological polar surface area (TPSA) is 85.5 Å². The number of anilines is 1. The SMILES string of the molecule is NC(=O)C1COCCN1c1nc2ccccc2cc1C=O. The number of rotatable bonds is 3. The van der Waals surface area contributed by atoms with Crippen LogP contribution in [0.2, 0.25) is 0 Å². The molecule has 1 aliphatic rings. The minimum atomic E-state index is -0.605. The highest BCUT2D eigenvalue weighted by atomic mass is 16.5. The van der Waals surface area contributed by atoms with Crippen LogP contribution in [0.5, 0.6) is 0 Å². The van der Waals surface area contributed by atoms with Gasteiger partial charge in [-0.1, -0.05) is 18.2 Å². The Bertz CT molecular complexity index is 702. The zero-order valence-corrected chi connectivity index (χ0v) is 11.4. The van der Waals surface area contributed by atoms with Crippen molar-refractivity contribution in [3.8, 4) is 0 Å². The standard InChI is InChI=1S/C15H15N3O3/c16-14(20)13-9-21-6-5-18(13)15-11(8-19)7-10-3-1-2-4-12(10)17-15/h1-4,7-8,13H,5-6,9H2,(H2,16,20). The molecule has 0 radical (unpaired) electrons. The van der Waals surface area contributed by atoms with Gasteiger partial charge in [0.1, 0.15) is 11.9 Å². The third-order valence-electron chi connectivity index (χ3n) is 3.59. The number of aldehydes is 1. The molecule has 0 saturated carbocycles. The molecule has 2 aromatic rings. The Balaban J connectivity index is 2.12. The van der Waals surface area contributed by atoms with E-state index in [9.17, 15) is 9.59 Å². The lowest BCUT2D eigenvalue weighted by Crippen LogP contribution is -2.53. The number of benzene rings is 1. The molecule has 0 aliphatic carbocycles. The zero-order valence-electron chi connectivity index (χ0n) is 11.4. The molecule has 108 valence electrons. The fourth-order valence-corrected chi connectivity index (χ4v) is 2.53. The quantitative estimate of drug-likeness (QED) is 0.841. The number of para-hydroxylation sites is 1. The summed E-state index contributed by atoms with van der Waals surface area (Å²) >= 11 is 0. The fraction of sp³-hybridized carbons (Fsp3) is 0.267. The van der Waals surface area contributed by atoms with Crippen LogP contribution in [-0.2, 0) is 9.53 Å². The summed E-state index contributed by atoms with van der Waals surface area (Å²) in [5.74, 6) is -0.00249. The van der Waals surface area contributed by atoms with Gasteiger partial charge in [0.15, 0.2) is 6.29 Å². The minimum Gasteiger partial charge on any atom is -0.377 e. The summed E-state index contributed by atoms with van der Waals surface area (Å²) in [5, 5.41) is 0.882. The van der Waals surface area contributed by atoms with E-state index in [0.717, 1.165) is 17.2 Å². The predicted octanol–water partition coefficient (Wildman–Crippen LogP) is 0.738. The van der Waals surface area contributed by atoms with Gasteiger partial charge in [-0.2, -0.15) is 0 Å². The van der Waals surface area contributed by atoms with Crippen molar-refractivity contribution >= 4 is 28.9 Å².